The highest BCUT2D eigenvalue weighted by Crippen LogP contribution is 2.33. The number of H-pyrrole nitrogens is 1. The fourth-order valence-corrected chi connectivity index (χ4v) is 4.96. The van der Waals surface area contributed by atoms with E-state index < -0.39 is 5.97 Å². The number of thiophene rings is 1. The van der Waals surface area contributed by atoms with Crippen LogP contribution in [0.5, 0.6) is 0 Å². The molecular formula is C23H18N4O3S2. The molecule has 160 valence electrons. The van der Waals surface area contributed by atoms with Crippen LogP contribution in [0.3, 0.4) is 0 Å². The van der Waals surface area contributed by atoms with Crippen LogP contribution in [0.4, 0.5) is 0 Å². The third-order valence-corrected chi connectivity index (χ3v) is 6.63. The van der Waals surface area contributed by atoms with Crippen LogP contribution in [-0.4, -0.2) is 30.8 Å². The molecule has 0 bridgehead atoms. The average molecular weight is 463 g/mol. The smallest absolute Gasteiger partial charge is 0.348 e. The Labute approximate surface area is 192 Å². The van der Waals surface area contributed by atoms with Crippen molar-refractivity contribution in [2.75, 3.05) is 0 Å². The van der Waals surface area contributed by atoms with Crippen LogP contribution in [0.15, 0.2) is 53.1 Å². The Bertz CT molecular complexity index is 1520. The Hall–Kier alpha value is -3.56. The van der Waals surface area contributed by atoms with Gasteiger partial charge in [0.25, 0.3) is 0 Å². The van der Waals surface area contributed by atoms with Crippen LogP contribution >= 0.6 is 23.6 Å². The lowest BCUT2D eigenvalue weighted by molar-refractivity contribution is 0.0703. The minimum Gasteiger partial charge on any atom is -0.477 e. The first-order valence-corrected chi connectivity index (χ1v) is 11.1. The fourth-order valence-electron chi connectivity index (χ4n) is 3.89. The van der Waals surface area contributed by atoms with E-state index in [-0.39, 0.29) is 4.84 Å². The van der Waals surface area contributed by atoms with Crippen LogP contribution < -0.4 is 0 Å². The summed E-state index contributed by atoms with van der Waals surface area (Å²) in [6, 6.07) is 16.1. The Morgan fingerprint density at radius 2 is 1.84 bits per heavy atom. The number of imidazole rings is 1. The minimum atomic E-state index is -0.923. The molecule has 0 aliphatic rings. The zero-order valence-electron chi connectivity index (χ0n) is 17.2. The van der Waals surface area contributed by atoms with Gasteiger partial charge in [-0.05, 0) is 42.8 Å². The van der Waals surface area contributed by atoms with E-state index in [2.05, 4.69) is 15.1 Å². The third-order valence-electron chi connectivity index (χ3n) is 5.38. The Morgan fingerprint density at radius 3 is 2.50 bits per heavy atom. The molecule has 0 unspecified atom stereocenters. The molecule has 3 heterocycles. The van der Waals surface area contributed by atoms with Crippen molar-refractivity contribution in [3.63, 3.8) is 0 Å². The number of aromatic amines is 1. The van der Waals surface area contributed by atoms with Crippen molar-refractivity contribution in [1.82, 2.24) is 19.7 Å². The molecule has 9 heteroatoms. The van der Waals surface area contributed by atoms with E-state index in [1.54, 1.807) is 0 Å². The molecule has 2 aromatic carbocycles. The Balaban J connectivity index is 1.51. The van der Waals surface area contributed by atoms with E-state index in [4.69, 9.17) is 16.7 Å². The van der Waals surface area contributed by atoms with Gasteiger partial charge in [-0.3, -0.25) is 0 Å². The number of carbonyl (C=O) groups is 1. The number of benzene rings is 2. The van der Waals surface area contributed by atoms with E-state index >= 15 is 0 Å². The molecule has 0 saturated heterocycles. The summed E-state index contributed by atoms with van der Waals surface area (Å²) in [5, 5.41) is 12.4. The highest BCUT2D eigenvalue weighted by atomic mass is 32.1. The van der Waals surface area contributed by atoms with Crippen LogP contribution in [0.1, 0.15) is 25.9 Å². The predicted octanol–water partition coefficient (Wildman–Crippen LogP) is 5.84. The van der Waals surface area contributed by atoms with E-state index in [1.807, 2.05) is 66.9 Å². The number of aromatic carboxylic acids is 1. The minimum absolute atomic E-state index is 0.163. The molecule has 0 aliphatic heterocycles. The first kappa shape index (κ1) is 20.3. The van der Waals surface area contributed by atoms with Crippen LogP contribution in [0, 0.1) is 18.7 Å². The maximum Gasteiger partial charge on any atom is 0.348 e. The maximum absolute atomic E-state index is 11.7. The number of hydrogen-bond acceptors (Lipinski definition) is 6. The van der Waals surface area contributed by atoms with Gasteiger partial charge in [-0.15, -0.1) is 11.3 Å². The second-order valence-electron chi connectivity index (χ2n) is 7.41. The number of aromatic nitrogens is 4. The van der Waals surface area contributed by atoms with Crippen molar-refractivity contribution in [2.45, 2.75) is 20.4 Å². The SMILES string of the molecule is Cc1sc(C(=O)O)c2c1nc(C)n2Cc1ccc(-c2ccccc2-c2nc(=S)o[nH]2)cc1. The lowest BCUT2D eigenvalue weighted by atomic mass is 9.98. The summed E-state index contributed by atoms with van der Waals surface area (Å²) < 4.78 is 7.06. The number of hydrogen-bond donors (Lipinski definition) is 2. The van der Waals surface area contributed by atoms with Gasteiger partial charge in [-0.25, -0.2) is 14.9 Å². The van der Waals surface area contributed by atoms with Gasteiger partial charge >= 0.3 is 10.8 Å². The zero-order chi connectivity index (χ0) is 22.4. The predicted molar refractivity (Wildman–Crippen MR) is 126 cm³/mol. The van der Waals surface area contributed by atoms with Gasteiger partial charge in [0, 0.05) is 17.0 Å². The maximum atomic E-state index is 11.7. The second-order valence-corrected chi connectivity index (χ2v) is 8.98. The quantitative estimate of drug-likeness (QED) is 0.319. The number of carboxylic acids is 1. The van der Waals surface area contributed by atoms with Gasteiger partial charge in [0.1, 0.15) is 16.2 Å². The van der Waals surface area contributed by atoms with Gasteiger partial charge in [0.05, 0.1) is 5.52 Å². The number of fused-ring (bicyclic) bond motifs is 1. The molecule has 0 spiro atoms. The van der Waals surface area contributed by atoms with Gasteiger partial charge in [-0.1, -0.05) is 48.5 Å². The summed E-state index contributed by atoms with van der Waals surface area (Å²) in [5.74, 6) is 0.456. The fraction of sp³-hybridized carbons (Fsp3) is 0.130. The van der Waals surface area contributed by atoms with E-state index in [9.17, 15) is 9.90 Å². The van der Waals surface area contributed by atoms with Gasteiger partial charge < -0.3 is 14.2 Å². The second kappa shape index (κ2) is 7.85. The lowest BCUT2D eigenvalue weighted by Crippen LogP contribution is -2.04. The topological polar surface area (TPSA) is 96.9 Å². The van der Waals surface area contributed by atoms with E-state index in [0.717, 1.165) is 38.5 Å². The van der Waals surface area contributed by atoms with Crippen molar-refractivity contribution in [3.8, 4) is 22.5 Å². The van der Waals surface area contributed by atoms with E-state index in [1.165, 1.54) is 11.3 Å². The summed E-state index contributed by atoms with van der Waals surface area (Å²) in [7, 11) is 0. The summed E-state index contributed by atoms with van der Waals surface area (Å²) in [6.45, 7) is 4.35. The van der Waals surface area contributed by atoms with Crippen LogP contribution in [0.25, 0.3) is 33.5 Å². The molecule has 0 aliphatic carbocycles. The van der Waals surface area contributed by atoms with Crippen molar-refractivity contribution in [1.29, 1.82) is 0 Å². The molecule has 5 aromatic rings. The summed E-state index contributed by atoms with van der Waals surface area (Å²) in [6.07, 6.45) is 0. The molecule has 32 heavy (non-hydrogen) atoms. The summed E-state index contributed by atoms with van der Waals surface area (Å²) in [4.78, 5) is 22.0. The molecule has 0 radical (unpaired) electrons. The number of nitrogens with zero attached hydrogens (tertiary/aromatic N) is 3. The Kier molecular flexibility index (Phi) is 4.99. The van der Waals surface area contributed by atoms with Crippen LogP contribution in [-0.2, 0) is 6.54 Å². The van der Waals surface area contributed by atoms with Crippen molar-refractivity contribution in [3.05, 3.63) is 74.5 Å². The lowest BCUT2D eigenvalue weighted by Gasteiger charge is -2.10. The normalized spacial score (nSPS) is 11.3. The van der Waals surface area contributed by atoms with Gasteiger partial charge in [0.2, 0.25) is 0 Å². The zero-order valence-corrected chi connectivity index (χ0v) is 18.9. The summed E-state index contributed by atoms with van der Waals surface area (Å²) >= 11 is 6.25. The molecule has 0 saturated carbocycles. The Morgan fingerprint density at radius 1 is 1.12 bits per heavy atom. The first-order chi connectivity index (χ1) is 15.4. The first-order valence-electron chi connectivity index (χ1n) is 9.86. The molecule has 2 N–H and O–H groups in total. The van der Waals surface area contributed by atoms with Crippen molar-refractivity contribution in [2.24, 2.45) is 0 Å². The standard InChI is InChI=1S/C23H18N4O3S2/c1-12-18-19(20(32-12)22(28)29)27(13(2)24-18)11-14-7-9-15(10-8-14)16-5-3-4-6-17(16)21-25-23(31)30-26-21/h3-10H,11H2,1-2H3,(H,28,29)(H,25,26,31). The largest absolute Gasteiger partial charge is 0.477 e. The number of carboxylic acid groups (broad SMARTS) is 1. The van der Waals surface area contributed by atoms with Gasteiger partial charge in [0.15, 0.2) is 5.82 Å². The average Bonchev–Trinajstić information content (AvgIpc) is 3.45. The van der Waals surface area contributed by atoms with Crippen molar-refractivity contribution >= 4 is 40.6 Å². The number of nitrogens with one attached hydrogen (secondary N) is 1. The highest BCUT2D eigenvalue weighted by Gasteiger charge is 2.21. The summed E-state index contributed by atoms with van der Waals surface area (Å²) in [5.41, 5.74) is 5.42. The monoisotopic (exact) mass is 462 g/mol. The molecular weight excluding hydrogens is 444 g/mol. The molecule has 3 aromatic heterocycles. The van der Waals surface area contributed by atoms with E-state index in [0.29, 0.717) is 22.8 Å². The molecule has 7 nitrogen and oxygen atoms in total. The third kappa shape index (κ3) is 3.45. The van der Waals surface area contributed by atoms with Crippen molar-refractivity contribution < 1.29 is 14.4 Å². The highest BCUT2D eigenvalue weighted by molar-refractivity contribution is 7.71. The molecule has 5 rings (SSSR count). The molecule has 0 fully saturated rings. The van der Waals surface area contributed by atoms with Gasteiger partial charge in [-0.2, -0.15) is 4.98 Å². The molecule has 0 amide bonds. The number of aryl methyl sites for hydroxylation is 2. The molecule has 0 atom stereocenters. The number of rotatable bonds is 5. The van der Waals surface area contributed by atoms with Crippen LogP contribution in [0.2, 0.25) is 0 Å².